The molecule has 134 valence electrons. The zero-order valence-corrected chi connectivity index (χ0v) is 14.7. The van der Waals surface area contributed by atoms with Crippen molar-refractivity contribution in [1.29, 1.82) is 0 Å². The first-order valence-corrected chi connectivity index (χ1v) is 8.78. The summed E-state index contributed by atoms with van der Waals surface area (Å²) in [6.07, 6.45) is 8.64. The van der Waals surface area contributed by atoms with Crippen LogP contribution in [0, 0.1) is 0 Å². The van der Waals surface area contributed by atoms with Crippen molar-refractivity contribution >= 4 is 5.91 Å². The Bertz CT molecular complexity index is 868. The smallest absolute Gasteiger partial charge is 0.220 e. The summed E-state index contributed by atoms with van der Waals surface area (Å²) >= 11 is 0. The van der Waals surface area contributed by atoms with Crippen LogP contribution in [0.25, 0.3) is 5.69 Å². The number of hydrogen-bond donors (Lipinski definition) is 2. The van der Waals surface area contributed by atoms with Gasteiger partial charge in [0.15, 0.2) is 0 Å². The molecular formula is C19H22N6O. The zero-order chi connectivity index (χ0) is 17.9. The summed E-state index contributed by atoms with van der Waals surface area (Å²) in [4.78, 5) is 16.1. The third kappa shape index (κ3) is 3.39. The molecule has 3 heterocycles. The molecule has 1 amide bonds. The van der Waals surface area contributed by atoms with Gasteiger partial charge in [-0.2, -0.15) is 5.10 Å². The minimum absolute atomic E-state index is 0.0629. The first kappa shape index (κ1) is 16.5. The van der Waals surface area contributed by atoms with E-state index < -0.39 is 0 Å². The van der Waals surface area contributed by atoms with Crippen LogP contribution in [0.1, 0.15) is 30.1 Å². The molecule has 2 N–H and O–H groups in total. The summed E-state index contributed by atoms with van der Waals surface area (Å²) in [7, 11) is 1.95. The third-order valence-electron chi connectivity index (χ3n) is 4.85. The summed E-state index contributed by atoms with van der Waals surface area (Å²) in [5.41, 5.74) is 3.25. The first-order chi connectivity index (χ1) is 12.7. The van der Waals surface area contributed by atoms with Crippen molar-refractivity contribution in [3.05, 3.63) is 66.5 Å². The Morgan fingerprint density at radius 1 is 1.31 bits per heavy atom. The van der Waals surface area contributed by atoms with Crippen molar-refractivity contribution in [2.75, 3.05) is 0 Å². The van der Waals surface area contributed by atoms with Crippen LogP contribution in [-0.4, -0.2) is 31.3 Å². The molecule has 1 aromatic carbocycles. The summed E-state index contributed by atoms with van der Waals surface area (Å²) < 4.78 is 3.80. The number of rotatable bonds is 5. The number of carbonyl (C=O) groups excluding carboxylic acids is 1. The van der Waals surface area contributed by atoms with E-state index in [1.807, 2.05) is 34.8 Å². The lowest BCUT2D eigenvalue weighted by molar-refractivity contribution is -0.124. The van der Waals surface area contributed by atoms with E-state index in [1.165, 1.54) is 5.56 Å². The molecule has 7 heteroatoms. The monoisotopic (exact) mass is 350 g/mol. The van der Waals surface area contributed by atoms with Gasteiger partial charge >= 0.3 is 0 Å². The van der Waals surface area contributed by atoms with Crippen LogP contribution in [0.3, 0.4) is 0 Å². The molecule has 3 aromatic rings. The fraction of sp³-hybridized carbons (Fsp3) is 0.316. The predicted molar refractivity (Wildman–Crippen MR) is 97.5 cm³/mol. The molecule has 2 atom stereocenters. The van der Waals surface area contributed by atoms with Gasteiger partial charge < -0.3 is 15.2 Å². The van der Waals surface area contributed by atoms with Gasteiger partial charge in [0.05, 0.1) is 29.9 Å². The summed E-state index contributed by atoms with van der Waals surface area (Å²) in [5.74, 6) is 0.0952. The number of amides is 1. The van der Waals surface area contributed by atoms with Gasteiger partial charge in [-0.25, -0.2) is 9.67 Å². The lowest BCUT2D eigenvalue weighted by Crippen LogP contribution is -2.48. The van der Waals surface area contributed by atoms with Crippen molar-refractivity contribution in [3.8, 4) is 5.69 Å². The van der Waals surface area contributed by atoms with Crippen LogP contribution in [0.4, 0.5) is 0 Å². The van der Waals surface area contributed by atoms with Crippen LogP contribution < -0.4 is 10.6 Å². The van der Waals surface area contributed by atoms with Gasteiger partial charge in [0.2, 0.25) is 5.91 Å². The fourth-order valence-corrected chi connectivity index (χ4v) is 3.40. The standard InChI is InChI=1S/C19H22N6O/c1-24-13-20-12-17(24)19-16(7-8-18(26)23-19)21-11-14-3-5-15(6-4-14)25-10-2-9-22-25/h2-6,9-10,12-13,16,19,21H,7-8,11H2,1H3,(H,23,26)/t16-,19-/m1/s1. The number of carbonyl (C=O) groups is 1. The quantitative estimate of drug-likeness (QED) is 0.734. The predicted octanol–water partition coefficient (Wildman–Crippen LogP) is 1.72. The second-order valence-corrected chi connectivity index (χ2v) is 6.62. The van der Waals surface area contributed by atoms with E-state index in [4.69, 9.17) is 0 Å². The van der Waals surface area contributed by atoms with Crippen molar-refractivity contribution < 1.29 is 4.79 Å². The number of imidazole rings is 1. The normalized spacial score (nSPS) is 20.1. The second kappa shape index (κ2) is 7.13. The van der Waals surface area contributed by atoms with Crippen LogP contribution in [0.5, 0.6) is 0 Å². The van der Waals surface area contributed by atoms with Crippen LogP contribution >= 0.6 is 0 Å². The number of piperidine rings is 1. The highest BCUT2D eigenvalue weighted by Gasteiger charge is 2.31. The highest BCUT2D eigenvalue weighted by Crippen LogP contribution is 2.24. The Hall–Kier alpha value is -2.93. The molecule has 0 saturated carbocycles. The number of aromatic nitrogens is 4. The van der Waals surface area contributed by atoms with E-state index in [0.717, 1.165) is 24.3 Å². The number of nitrogens with one attached hydrogen (secondary N) is 2. The van der Waals surface area contributed by atoms with Gasteiger partial charge in [-0.1, -0.05) is 12.1 Å². The van der Waals surface area contributed by atoms with Gasteiger partial charge in [0, 0.05) is 38.4 Å². The van der Waals surface area contributed by atoms with Crippen molar-refractivity contribution in [1.82, 2.24) is 30.0 Å². The molecule has 4 rings (SSSR count). The molecule has 0 spiro atoms. The van der Waals surface area contributed by atoms with E-state index in [9.17, 15) is 4.79 Å². The van der Waals surface area contributed by atoms with Crippen molar-refractivity contribution in [2.24, 2.45) is 7.05 Å². The Balaban J connectivity index is 1.44. The molecule has 1 aliphatic heterocycles. The molecule has 0 aliphatic carbocycles. The van der Waals surface area contributed by atoms with Gasteiger partial charge in [-0.15, -0.1) is 0 Å². The van der Waals surface area contributed by atoms with Gasteiger partial charge in [-0.3, -0.25) is 4.79 Å². The Labute approximate surface area is 152 Å². The summed E-state index contributed by atoms with van der Waals surface area (Å²) in [5, 5.41) is 10.9. The van der Waals surface area contributed by atoms with Crippen molar-refractivity contribution in [3.63, 3.8) is 0 Å². The van der Waals surface area contributed by atoms with Crippen molar-refractivity contribution in [2.45, 2.75) is 31.5 Å². The molecule has 0 radical (unpaired) electrons. The second-order valence-electron chi connectivity index (χ2n) is 6.62. The Morgan fingerprint density at radius 2 is 2.15 bits per heavy atom. The lowest BCUT2D eigenvalue weighted by atomic mass is 9.95. The molecule has 2 aromatic heterocycles. The average molecular weight is 350 g/mol. The van der Waals surface area contributed by atoms with Crippen LogP contribution in [0.15, 0.2) is 55.2 Å². The number of aryl methyl sites for hydroxylation is 1. The minimum atomic E-state index is -0.0629. The molecule has 1 fully saturated rings. The van der Waals surface area contributed by atoms with Crippen LogP contribution in [0.2, 0.25) is 0 Å². The molecule has 0 bridgehead atoms. The zero-order valence-electron chi connectivity index (χ0n) is 14.7. The molecule has 1 saturated heterocycles. The molecule has 1 aliphatic rings. The number of nitrogens with zero attached hydrogens (tertiary/aromatic N) is 4. The largest absolute Gasteiger partial charge is 0.346 e. The maximum Gasteiger partial charge on any atom is 0.220 e. The molecule has 7 nitrogen and oxygen atoms in total. The first-order valence-electron chi connectivity index (χ1n) is 8.78. The van der Waals surface area contributed by atoms with Gasteiger partial charge in [-0.05, 0) is 30.2 Å². The molecule has 26 heavy (non-hydrogen) atoms. The third-order valence-corrected chi connectivity index (χ3v) is 4.85. The SMILES string of the molecule is Cn1cncc1[C@@H]1NC(=O)CC[C@H]1NCc1ccc(-n2cccn2)cc1. The highest BCUT2D eigenvalue weighted by molar-refractivity contribution is 5.77. The average Bonchev–Trinajstić information content (AvgIpc) is 3.33. The molecule has 0 unspecified atom stereocenters. The Morgan fingerprint density at radius 3 is 2.85 bits per heavy atom. The maximum atomic E-state index is 11.9. The maximum absolute atomic E-state index is 11.9. The number of hydrogen-bond acceptors (Lipinski definition) is 4. The van der Waals surface area contributed by atoms with E-state index in [0.29, 0.717) is 6.42 Å². The summed E-state index contributed by atoms with van der Waals surface area (Å²) in [6.45, 7) is 0.744. The summed E-state index contributed by atoms with van der Waals surface area (Å²) in [6, 6.07) is 10.3. The van der Waals surface area contributed by atoms with Gasteiger partial charge in [0.1, 0.15) is 0 Å². The lowest BCUT2D eigenvalue weighted by Gasteiger charge is -2.33. The van der Waals surface area contributed by atoms with Crippen LogP contribution in [-0.2, 0) is 18.4 Å². The van der Waals surface area contributed by atoms with E-state index >= 15 is 0 Å². The van der Waals surface area contributed by atoms with E-state index in [1.54, 1.807) is 12.5 Å². The topological polar surface area (TPSA) is 76.8 Å². The molecular weight excluding hydrogens is 328 g/mol. The minimum Gasteiger partial charge on any atom is -0.346 e. The van der Waals surface area contributed by atoms with E-state index in [2.05, 4.69) is 45.0 Å². The van der Waals surface area contributed by atoms with E-state index in [-0.39, 0.29) is 18.0 Å². The fourth-order valence-electron chi connectivity index (χ4n) is 3.40. The number of benzene rings is 1. The highest BCUT2D eigenvalue weighted by atomic mass is 16.1. The van der Waals surface area contributed by atoms with Gasteiger partial charge in [0.25, 0.3) is 0 Å². The Kier molecular flexibility index (Phi) is 4.53.